The predicted octanol–water partition coefficient (Wildman–Crippen LogP) is 9.84. The summed E-state index contributed by atoms with van der Waals surface area (Å²) >= 11 is 0. The Morgan fingerprint density at radius 3 is 2.52 bits per heavy atom. The molecule has 3 aliphatic rings. The van der Waals surface area contributed by atoms with Gasteiger partial charge >= 0.3 is 0 Å². The van der Waals surface area contributed by atoms with Crippen LogP contribution in [0.25, 0.3) is 5.57 Å². The molecular weight excluding hydrogens is 609 g/mol. The van der Waals surface area contributed by atoms with Gasteiger partial charge in [-0.15, -0.1) is 0 Å². The molecule has 254 valence electrons. The number of hydrogen-bond donors (Lipinski definition) is 1. The molecule has 3 aromatic carbocycles. The third kappa shape index (κ3) is 8.12. The SMILES string of the molecule is CCC1=C(C(O)[C@@H](C)Cc2ccc(Oc3ccc(F)cc3)c(C)c2)c2cc(C3C=NC=C(CN4CCC(F)(F)CC4)C3)ccc2CCC1. The van der Waals surface area contributed by atoms with Crippen molar-refractivity contribution in [3.05, 3.63) is 112 Å². The van der Waals surface area contributed by atoms with E-state index in [-0.39, 0.29) is 30.5 Å². The fourth-order valence-electron chi connectivity index (χ4n) is 7.47. The zero-order valence-electron chi connectivity index (χ0n) is 28.3. The van der Waals surface area contributed by atoms with Gasteiger partial charge in [-0.2, -0.15) is 0 Å². The molecule has 7 heteroatoms. The Balaban J connectivity index is 1.18. The number of ether oxygens (including phenoxy) is 1. The van der Waals surface area contributed by atoms with Gasteiger partial charge in [0, 0.05) is 50.8 Å². The van der Waals surface area contributed by atoms with Crippen molar-refractivity contribution in [3.63, 3.8) is 0 Å². The van der Waals surface area contributed by atoms with Gasteiger partial charge in [0.15, 0.2) is 0 Å². The maximum absolute atomic E-state index is 13.7. The highest BCUT2D eigenvalue weighted by molar-refractivity contribution is 5.77. The van der Waals surface area contributed by atoms with Crippen molar-refractivity contribution < 1.29 is 23.0 Å². The summed E-state index contributed by atoms with van der Waals surface area (Å²) in [5.41, 5.74) is 9.29. The highest BCUT2D eigenvalue weighted by Gasteiger charge is 2.34. The molecule has 3 aromatic rings. The first kappa shape index (κ1) is 34.2. The fourth-order valence-corrected chi connectivity index (χ4v) is 7.47. The number of hydrogen-bond acceptors (Lipinski definition) is 4. The topological polar surface area (TPSA) is 45.1 Å². The van der Waals surface area contributed by atoms with E-state index in [4.69, 9.17) is 4.74 Å². The number of halogens is 3. The first-order valence-electron chi connectivity index (χ1n) is 17.5. The molecule has 48 heavy (non-hydrogen) atoms. The maximum Gasteiger partial charge on any atom is 0.250 e. The molecule has 1 fully saturated rings. The van der Waals surface area contributed by atoms with E-state index >= 15 is 0 Å². The number of allylic oxidation sites excluding steroid dienone is 1. The third-order valence-electron chi connectivity index (χ3n) is 10.3. The van der Waals surface area contributed by atoms with Crippen LogP contribution in [0.4, 0.5) is 13.2 Å². The lowest BCUT2D eigenvalue weighted by Gasteiger charge is -2.33. The number of fused-ring (bicyclic) bond motifs is 1. The van der Waals surface area contributed by atoms with Crippen LogP contribution < -0.4 is 4.74 Å². The number of aryl methyl sites for hydroxylation is 2. The summed E-state index contributed by atoms with van der Waals surface area (Å²) in [5.74, 6) is -1.46. The zero-order valence-corrected chi connectivity index (χ0v) is 28.3. The third-order valence-corrected chi connectivity index (χ3v) is 10.3. The number of piperidine rings is 1. The molecule has 0 amide bonds. The first-order valence-corrected chi connectivity index (χ1v) is 17.5. The van der Waals surface area contributed by atoms with Crippen LogP contribution in [0.5, 0.6) is 11.5 Å². The Labute approximate surface area is 283 Å². The van der Waals surface area contributed by atoms with Crippen LogP contribution in [0, 0.1) is 18.7 Å². The molecule has 4 nitrogen and oxygen atoms in total. The smallest absolute Gasteiger partial charge is 0.250 e. The summed E-state index contributed by atoms with van der Waals surface area (Å²) in [6.45, 7) is 7.81. The summed E-state index contributed by atoms with van der Waals surface area (Å²) in [6.07, 6.45) is 8.54. The van der Waals surface area contributed by atoms with Crippen LogP contribution in [0.2, 0.25) is 0 Å². The van der Waals surface area contributed by atoms with Crippen molar-refractivity contribution in [2.45, 2.75) is 90.1 Å². The van der Waals surface area contributed by atoms with Gasteiger partial charge < -0.3 is 9.84 Å². The molecule has 2 unspecified atom stereocenters. The van der Waals surface area contributed by atoms with Crippen LogP contribution in [-0.2, 0) is 12.8 Å². The van der Waals surface area contributed by atoms with Crippen LogP contribution >= 0.6 is 0 Å². The number of aliphatic imine (C=N–C) groups is 1. The van der Waals surface area contributed by atoms with Crippen molar-refractivity contribution in [1.29, 1.82) is 0 Å². The molecule has 0 spiro atoms. The van der Waals surface area contributed by atoms with Crippen molar-refractivity contribution in [1.82, 2.24) is 4.90 Å². The molecule has 1 saturated heterocycles. The number of benzene rings is 3. The Hall–Kier alpha value is -3.68. The number of aliphatic hydroxyl groups is 1. The van der Waals surface area contributed by atoms with E-state index in [2.05, 4.69) is 48.0 Å². The number of likely N-dealkylation sites (tertiary alicyclic amines) is 1. The van der Waals surface area contributed by atoms with Crippen molar-refractivity contribution in [2.24, 2.45) is 10.9 Å². The van der Waals surface area contributed by atoms with E-state index in [0.29, 0.717) is 31.8 Å². The lowest BCUT2D eigenvalue weighted by Crippen LogP contribution is -2.40. The second-order valence-electron chi connectivity index (χ2n) is 14.0. The van der Waals surface area contributed by atoms with E-state index < -0.39 is 12.0 Å². The highest BCUT2D eigenvalue weighted by atomic mass is 19.3. The lowest BCUT2D eigenvalue weighted by molar-refractivity contribution is -0.0535. The number of alkyl halides is 2. The minimum Gasteiger partial charge on any atom is -0.457 e. The van der Waals surface area contributed by atoms with Gasteiger partial charge in [-0.3, -0.25) is 9.89 Å². The Kier molecular flexibility index (Phi) is 10.6. The molecule has 1 N–H and O–H groups in total. The second kappa shape index (κ2) is 14.8. The van der Waals surface area contributed by atoms with E-state index in [1.807, 2.05) is 31.5 Å². The summed E-state index contributed by atoms with van der Waals surface area (Å²) < 4.78 is 46.8. The molecular formula is C41H47F3N2O2. The minimum atomic E-state index is -2.55. The van der Waals surface area contributed by atoms with E-state index in [0.717, 1.165) is 60.1 Å². The van der Waals surface area contributed by atoms with Gasteiger partial charge in [0.05, 0.1) is 6.10 Å². The zero-order chi connectivity index (χ0) is 33.8. The van der Waals surface area contributed by atoms with Crippen molar-refractivity contribution in [2.75, 3.05) is 19.6 Å². The molecule has 2 aliphatic heterocycles. The standard InChI is InChI=1S/C41H47F3N2O2/c1-4-31-6-5-7-32-9-10-33(34-22-30(24-45-25-34)26-46-18-16-41(43,44)17-19-46)23-37(32)39(31)40(47)28(3)21-29-8-15-38(27(2)20-29)48-36-13-11-35(42)12-14-36/h8-15,20,23-25,28,34,40,47H,4-7,16-19,21-22,26H2,1-3H3/t28-,34?,40?/m0/s1. The van der Waals surface area contributed by atoms with Crippen molar-refractivity contribution >= 4 is 11.8 Å². The fraction of sp³-hybridized carbons (Fsp3) is 0.439. The van der Waals surface area contributed by atoms with Gasteiger partial charge in [0.2, 0.25) is 0 Å². The molecule has 0 radical (unpaired) electrons. The molecule has 2 heterocycles. The van der Waals surface area contributed by atoms with E-state index in [1.54, 1.807) is 12.1 Å². The largest absolute Gasteiger partial charge is 0.457 e. The maximum atomic E-state index is 13.7. The quantitative estimate of drug-likeness (QED) is 0.236. The van der Waals surface area contributed by atoms with E-state index in [1.165, 1.54) is 34.4 Å². The normalized spacial score (nSPS) is 20.9. The summed E-state index contributed by atoms with van der Waals surface area (Å²) in [6, 6.07) is 18.9. The molecule has 1 aliphatic carbocycles. The van der Waals surface area contributed by atoms with Gasteiger partial charge in [0.25, 0.3) is 5.92 Å². The van der Waals surface area contributed by atoms with E-state index in [9.17, 15) is 18.3 Å². The van der Waals surface area contributed by atoms with Gasteiger partial charge in [-0.05, 0) is 121 Å². The van der Waals surface area contributed by atoms with Crippen molar-refractivity contribution in [3.8, 4) is 11.5 Å². The monoisotopic (exact) mass is 656 g/mol. The minimum absolute atomic E-state index is 0.0258. The Bertz CT molecular complexity index is 1680. The molecule has 0 saturated carbocycles. The lowest BCUT2D eigenvalue weighted by atomic mass is 9.81. The van der Waals surface area contributed by atoms with Crippen LogP contribution in [0.15, 0.2) is 83.0 Å². The summed E-state index contributed by atoms with van der Waals surface area (Å²) in [5, 5.41) is 12.1. The molecule has 6 rings (SSSR count). The first-order chi connectivity index (χ1) is 23.1. The average molecular weight is 657 g/mol. The Morgan fingerprint density at radius 2 is 1.79 bits per heavy atom. The number of aliphatic hydroxyl groups excluding tert-OH is 1. The summed E-state index contributed by atoms with van der Waals surface area (Å²) in [7, 11) is 0. The van der Waals surface area contributed by atoms with Crippen LogP contribution in [0.1, 0.15) is 86.1 Å². The van der Waals surface area contributed by atoms with Crippen LogP contribution in [-0.4, -0.2) is 47.9 Å². The van der Waals surface area contributed by atoms with Gasteiger partial charge in [-0.1, -0.05) is 49.8 Å². The van der Waals surface area contributed by atoms with Gasteiger partial charge in [-0.25, -0.2) is 13.2 Å². The summed E-state index contributed by atoms with van der Waals surface area (Å²) in [4.78, 5) is 6.72. The predicted molar refractivity (Wildman–Crippen MR) is 188 cm³/mol. The van der Waals surface area contributed by atoms with Gasteiger partial charge in [0.1, 0.15) is 17.3 Å². The number of rotatable bonds is 10. The molecule has 0 bridgehead atoms. The average Bonchev–Trinajstić information content (AvgIpc) is 3.26. The molecule has 0 aromatic heterocycles. The molecule has 3 atom stereocenters. The number of nitrogens with zero attached hydrogens (tertiary/aromatic N) is 2. The Morgan fingerprint density at radius 1 is 1.02 bits per heavy atom. The van der Waals surface area contributed by atoms with Crippen LogP contribution in [0.3, 0.4) is 0 Å². The second-order valence-corrected chi connectivity index (χ2v) is 14.0. The highest BCUT2D eigenvalue weighted by Crippen LogP contribution is 2.39.